The molecular weight excluding hydrogens is 306 g/mol. The Morgan fingerprint density at radius 1 is 1.33 bits per heavy atom. The van der Waals surface area contributed by atoms with E-state index in [-0.39, 0.29) is 11.8 Å². The SMILES string of the molecule is CC(C)[C@H](C(=O)O)N1C(=O)/C(=C/c2ccccc2)SC1=S. The molecule has 6 heteroatoms. The van der Waals surface area contributed by atoms with E-state index in [4.69, 9.17) is 12.2 Å². The average molecular weight is 321 g/mol. The Kier molecular flexibility index (Phi) is 4.80. The minimum atomic E-state index is -1.04. The fraction of sp³-hybridized carbons (Fsp3) is 0.267. The van der Waals surface area contributed by atoms with Crippen molar-refractivity contribution in [3.63, 3.8) is 0 Å². The summed E-state index contributed by atoms with van der Waals surface area (Å²) in [7, 11) is 0. The van der Waals surface area contributed by atoms with E-state index < -0.39 is 12.0 Å². The van der Waals surface area contributed by atoms with Gasteiger partial charge in [0.15, 0.2) is 0 Å². The smallest absolute Gasteiger partial charge is 0.327 e. The second kappa shape index (κ2) is 6.41. The Morgan fingerprint density at radius 2 is 1.95 bits per heavy atom. The predicted octanol–water partition coefficient (Wildman–Crippen LogP) is 3.00. The molecule has 1 heterocycles. The molecule has 0 unspecified atom stereocenters. The van der Waals surface area contributed by atoms with Crippen molar-refractivity contribution in [2.75, 3.05) is 0 Å². The molecule has 1 aliphatic rings. The number of amides is 1. The van der Waals surface area contributed by atoms with Gasteiger partial charge in [-0.05, 0) is 17.6 Å². The first kappa shape index (κ1) is 15.7. The standard InChI is InChI=1S/C15H15NO3S2/c1-9(2)12(14(18)19)16-13(17)11(21-15(16)20)8-10-6-4-3-5-7-10/h3-9,12H,1-2H3,(H,18,19)/b11-8-/t12-/m1/s1. The summed E-state index contributed by atoms with van der Waals surface area (Å²) in [6, 6.07) is 8.47. The summed E-state index contributed by atoms with van der Waals surface area (Å²) in [6.45, 7) is 3.52. The first-order valence-corrected chi connectivity index (χ1v) is 7.69. The van der Waals surface area contributed by atoms with Crippen molar-refractivity contribution in [2.24, 2.45) is 5.92 Å². The van der Waals surface area contributed by atoms with Gasteiger partial charge in [-0.2, -0.15) is 0 Å². The number of carbonyl (C=O) groups excluding carboxylic acids is 1. The second-order valence-corrected chi connectivity index (χ2v) is 6.67. The second-order valence-electron chi connectivity index (χ2n) is 4.99. The number of thioether (sulfide) groups is 1. The summed E-state index contributed by atoms with van der Waals surface area (Å²) in [6.07, 6.45) is 1.73. The van der Waals surface area contributed by atoms with Crippen LogP contribution in [-0.4, -0.2) is 32.2 Å². The Balaban J connectivity index is 2.32. The maximum absolute atomic E-state index is 12.5. The quantitative estimate of drug-likeness (QED) is 0.682. The van der Waals surface area contributed by atoms with E-state index in [9.17, 15) is 14.7 Å². The summed E-state index contributed by atoms with van der Waals surface area (Å²) in [5.74, 6) is -1.60. The number of nitrogens with zero attached hydrogens (tertiary/aromatic N) is 1. The summed E-state index contributed by atoms with van der Waals surface area (Å²) < 4.78 is 0.295. The zero-order valence-electron chi connectivity index (χ0n) is 11.6. The van der Waals surface area contributed by atoms with E-state index in [1.54, 1.807) is 19.9 Å². The Labute approximate surface area is 132 Å². The first-order chi connectivity index (χ1) is 9.91. The van der Waals surface area contributed by atoms with Crippen LogP contribution in [0.25, 0.3) is 6.08 Å². The van der Waals surface area contributed by atoms with Crippen LogP contribution in [0.15, 0.2) is 35.2 Å². The monoisotopic (exact) mass is 321 g/mol. The number of carboxylic acid groups (broad SMARTS) is 1. The van der Waals surface area contributed by atoms with E-state index in [0.29, 0.717) is 9.23 Å². The predicted molar refractivity (Wildman–Crippen MR) is 87.7 cm³/mol. The number of hydrogen-bond donors (Lipinski definition) is 1. The summed E-state index contributed by atoms with van der Waals surface area (Å²) >= 11 is 6.33. The zero-order chi connectivity index (χ0) is 15.6. The van der Waals surface area contributed by atoms with Gasteiger partial charge in [0.05, 0.1) is 4.91 Å². The molecule has 1 amide bonds. The fourth-order valence-electron chi connectivity index (χ4n) is 2.11. The lowest BCUT2D eigenvalue weighted by Gasteiger charge is -2.26. The van der Waals surface area contributed by atoms with Crippen LogP contribution in [0.2, 0.25) is 0 Å². The number of hydrogen-bond acceptors (Lipinski definition) is 4. The molecule has 1 fully saturated rings. The molecule has 0 spiro atoms. The molecule has 1 aromatic carbocycles. The highest BCUT2D eigenvalue weighted by molar-refractivity contribution is 8.26. The minimum Gasteiger partial charge on any atom is -0.480 e. The summed E-state index contributed by atoms with van der Waals surface area (Å²) in [5.41, 5.74) is 0.884. The van der Waals surface area contributed by atoms with Crippen molar-refractivity contribution in [3.05, 3.63) is 40.8 Å². The molecule has 1 saturated heterocycles. The van der Waals surface area contributed by atoms with Gasteiger partial charge in [-0.1, -0.05) is 68.2 Å². The highest BCUT2D eigenvalue weighted by Gasteiger charge is 2.41. The van der Waals surface area contributed by atoms with Gasteiger partial charge in [0.1, 0.15) is 10.4 Å². The molecule has 1 aromatic rings. The molecular formula is C15H15NO3S2. The van der Waals surface area contributed by atoms with E-state index >= 15 is 0 Å². The van der Waals surface area contributed by atoms with Crippen LogP contribution < -0.4 is 0 Å². The normalized spacial score (nSPS) is 18.6. The highest BCUT2D eigenvalue weighted by atomic mass is 32.2. The fourth-order valence-corrected chi connectivity index (χ4v) is 3.44. The maximum atomic E-state index is 12.5. The number of rotatable bonds is 4. The van der Waals surface area contributed by atoms with E-state index in [1.807, 2.05) is 30.3 Å². The van der Waals surface area contributed by atoms with Crippen LogP contribution in [0.3, 0.4) is 0 Å². The van der Waals surface area contributed by atoms with E-state index in [1.165, 1.54) is 4.90 Å². The van der Waals surface area contributed by atoms with Crippen LogP contribution in [0.4, 0.5) is 0 Å². The molecule has 0 saturated carbocycles. The Bertz CT molecular complexity index is 611. The molecule has 21 heavy (non-hydrogen) atoms. The lowest BCUT2D eigenvalue weighted by molar-refractivity contribution is -0.146. The van der Waals surface area contributed by atoms with Crippen LogP contribution in [0, 0.1) is 5.92 Å². The molecule has 0 aliphatic carbocycles. The third-order valence-corrected chi connectivity index (χ3v) is 4.41. The summed E-state index contributed by atoms with van der Waals surface area (Å²) in [5, 5.41) is 9.33. The van der Waals surface area contributed by atoms with Crippen molar-refractivity contribution in [1.82, 2.24) is 4.90 Å². The zero-order valence-corrected chi connectivity index (χ0v) is 13.3. The van der Waals surface area contributed by atoms with E-state index in [2.05, 4.69) is 0 Å². The van der Waals surface area contributed by atoms with Crippen LogP contribution in [-0.2, 0) is 9.59 Å². The molecule has 1 aliphatic heterocycles. The van der Waals surface area contributed by atoms with Crippen molar-refractivity contribution < 1.29 is 14.7 Å². The van der Waals surface area contributed by atoms with Crippen LogP contribution >= 0.6 is 24.0 Å². The van der Waals surface area contributed by atoms with Gasteiger partial charge in [-0.15, -0.1) is 0 Å². The van der Waals surface area contributed by atoms with Crippen LogP contribution in [0.5, 0.6) is 0 Å². The Hall–Kier alpha value is -1.66. The van der Waals surface area contributed by atoms with Crippen molar-refractivity contribution in [1.29, 1.82) is 0 Å². The first-order valence-electron chi connectivity index (χ1n) is 6.46. The number of thiocarbonyl (C=S) groups is 1. The van der Waals surface area contributed by atoms with Crippen molar-refractivity contribution in [2.45, 2.75) is 19.9 Å². The molecule has 110 valence electrons. The van der Waals surface area contributed by atoms with Gasteiger partial charge < -0.3 is 5.11 Å². The number of carboxylic acids is 1. The molecule has 0 bridgehead atoms. The van der Waals surface area contributed by atoms with Gasteiger partial charge in [-0.25, -0.2) is 4.79 Å². The molecule has 0 aromatic heterocycles. The lowest BCUT2D eigenvalue weighted by Crippen LogP contribution is -2.47. The lowest BCUT2D eigenvalue weighted by atomic mass is 10.0. The molecule has 0 radical (unpaired) electrons. The third kappa shape index (κ3) is 3.33. The molecule has 4 nitrogen and oxygen atoms in total. The number of benzene rings is 1. The molecule has 1 N–H and O–H groups in total. The van der Waals surface area contributed by atoms with Gasteiger partial charge in [0.2, 0.25) is 0 Å². The largest absolute Gasteiger partial charge is 0.480 e. The molecule has 2 rings (SSSR count). The van der Waals surface area contributed by atoms with Crippen LogP contribution in [0.1, 0.15) is 19.4 Å². The maximum Gasteiger partial charge on any atom is 0.327 e. The average Bonchev–Trinajstić information content (AvgIpc) is 2.67. The number of carbonyl (C=O) groups is 2. The van der Waals surface area contributed by atoms with Gasteiger partial charge in [0, 0.05) is 0 Å². The third-order valence-electron chi connectivity index (χ3n) is 3.08. The van der Waals surface area contributed by atoms with Crippen molar-refractivity contribution in [3.8, 4) is 0 Å². The molecule has 1 atom stereocenters. The Morgan fingerprint density at radius 3 is 2.48 bits per heavy atom. The van der Waals surface area contributed by atoms with Gasteiger partial charge >= 0.3 is 5.97 Å². The van der Waals surface area contributed by atoms with Gasteiger partial charge in [0.25, 0.3) is 5.91 Å². The van der Waals surface area contributed by atoms with Gasteiger partial charge in [-0.3, -0.25) is 9.69 Å². The highest BCUT2D eigenvalue weighted by Crippen LogP contribution is 2.35. The topological polar surface area (TPSA) is 57.6 Å². The minimum absolute atomic E-state index is 0.221. The van der Waals surface area contributed by atoms with E-state index in [0.717, 1.165) is 17.3 Å². The summed E-state index contributed by atoms with van der Waals surface area (Å²) in [4.78, 5) is 25.5. The number of aliphatic carboxylic acids is 1. The van der Waals surface area contributed by atoms with Crippen molar-refractivity contribution >= 4 is 46.3 Å².